The van der Waals surface area contributed by atoms with Crippen molar-refractivity contribution in [3.8, 4) is 0 Å². The highest BCUT2D eigenvalue weighted by atomic mass is 28.3. The molecule has 0 aromatic heterocycles. The number of rotatable bonds is 6. The van der Waals surface area contributed by atoms with Crippen molar-refractivity contribution in [2.24, 2.45) is 5.73 Å². The molecule has 0 radical (unpaired) electrons. The van der Waals surface area contributed by atoms with Gasteiger partial charge in [-0.05, 0) is 29.6 Å². The topological polar surface area (TPSA) is 38.0 Å². The van der Waals surface area contributed by atoms with Crippen LogP contribution in [0.5, 0.6) is 0 Å². The predicted molar refractivity (Wildman–Crippen MR) is 59.7 cm³/mol. The van der Waals surface area contributed by atoms with Gasteiger partial charge in [0.1, 0.15) is 0 Å². The lowest BCUT2D eigenvalue weighted by molar-refractivity contribution is 0.674. The molecule has 2 unspecified atom stereocenters. The smallest absolute Gasteiger partial charge is 0.0623 e. The van der Waals surface area contributed by atoms with Crippen molar-refractivity contribution in [1.29, 1.82) is 0 Å². The molecule has 13 heavy (non-hydrogen) atoms. The lowest BCUT2D eigenvalue weighted by Crippen LogP contribution is -2.24. The molecule has 2 nitrogen and oxygen atoms in total. The summed E-state index contributed by atoms with van der Waals surface area (Å²) in [5.74, 6) is 0. The summed E-state index contributed by atoms with van der Waals surface area (Å²) in [6.07, 6.45) is 1.40. The molecule has 2 heterocycles. The van der Waals surface area contributed by atoms with Crippen molar-refractivity contribution >= 4 is 8.07 Å². The quantitative estimate of drug-likeness (QED) is 0.502. The summed E-state index contributed by atoms with van der Waals surface area (Å²) in [5.41, 5.74) is 9.00. The zero-order valence-electron chi connectivity index (χ0n) is 8.84. The van der Waals surface area contributed by atoms with Crippen LogP contribution in [0.4, 0.5) is 0 Å². The van der Waals surface area contributed by atoms with Crippen molar-refractivity contribution in [3.63, 3.8) is 0 Å². The van der Waals surface area contributed by atoms with Crippen LogP contribution in [0.15, 0.2) is 0 Å². The molecule has 2 atom stereocenters. The van der Waals surface area contributed by atoms with Crippen LogP contribution in [0.25, 0.3) is 0 Å². The van der Waals surface area contributed by atoms with E-state index in [1.54, 1.807) is 6.04 Å². The molecule has 0 amide bonds. The first-order valence-electron chi connectivity index (χ1n) is 5.66. The molecular formula is C10H22N2Si. The number of fused-ring (bicyclic) bond motifs is 1. The van der Waals surface area contributed by atoms with E-state index in [1.165, 1.54) is 29.6 Å². The first-order valence-corrected chi connectivity index (χ1v) is 8.10. The van der Waals surface area contributed by atoms with Crippen LogP contribution < -0.4 is 11.1 Å². The highest BCUT2D eigenvalue weighted by Gasteiger charge is 2.82. The molecule has 2 aliphatic rings. The zero-order chi connectivity index (χ0) is 9.47. The summed E-state index contributed by atoms with van der Waals surface area (Å²) in [5, 5.41) is 3.38. The van der Waals surface area contributed by atoms with E-state index in [0.29, 0.717) is 0 Å². The van der Waals surface area contributed by atoms with Crippen molar-refractivity contribution in [1.82, 2.24) is 5.32 Å². The first kappa shape index (κ1) is 9.68. The maximum atomic E-state index is 5.41. The molecule has 2 fully saturated rings. The van der Waals surface area contributed by atoms with Crippen LogP contribution >= 0.6 is 0 Å². The lowest BCUT2D eigenvalue weighted by Gasteiger charge is -2.11. The average Bonchev–Trinajstić information content (AvgIpc) is 2.93. The van der Waals surface area contributed by atoms with Gasteiger partial charge in [-0.15, -0.1) is 0 Å². The van der Waals surface area contributed by atoms with Gasteiger partial charge in [0, 0.05) is 13.1 Å². The van der Waals surface area contributed by atoms with E-state index >= 15 is 0 Å². The summed E-state index contributed by atoms with van der Waals surface area (Å²) in [4.78, 5) is 0. The zero-order valence-corrected chi connectivity index (χ0v) is 9.84. The minimum absolute atomic E-state index is 0.579. The Balaban J connectivity index is 1.55. The third-order valence-corrected chi connectivity index (χ3v) is 11.3. The molecule has 0 aromatic rings. The Morgan fingerprint density at radius 3 is 2.38 bits per heavy atom. The predicted octanol–water partition coefficient (Wildman–Crippen LogP) is 1.55. The van der Waals surface area contributed by atoms with Crippen molar-refractivity contribution in [3.05, 3.63) is 0 Å². The van der Waals surface area contributed by atoms with Crippen molar-refractivity contribution < 1.29 is 0 Å². The number of hydrogen-bond donors (Lipinski definition) is 2. The van der Waals surface area contributed by atoms with E-state index in [1.807, 2.05) is 0 Å². The Hall–Kier alpha value is 0.137. The summed E-state index contributed by atoms with van der Waals surface area (Å²) in [7, 11) is -0.579. The first-order chi connectivity index (χ1) is 6.25. The lowest BCUT2D eigenvalue weighted by atomic mass is 10.3. The average molecular weight is 198 g/mol. The van der Waals surface area contributed by atoms with Crippen LogP contribution in [0.2, 0.25) is 22.7 Å². The minimum atomic E-state index is -0.579. The van der Waals surface area contributed by atoms with Gasteiger partial charge in [-0.1, -0.05) is 19.9 Å². The van der Waals surface area contributed by atoms with E-state index in [2.05, 4.69) is 19.2 Å². The third kappa shape index (κ3) is 1.37. The summed E-state index contributed by atoms with van der Waals surface area (Å²) in [6, 6.07) is 1.58. The fraction of sp³-hybridized carbons (Fsp3) is 1.00. The van der Waals surface area contributed by atoms with Crippen LogP contribution in [0.3, 0.4) is 0 Å². The SMILES string of the molecule is CC1C2C(C)[Si]12CCCNCCN. The Kier molecular flexibility index (Phi) is 2.51. The molecule has 2 saturated heterocycles. The normalized spacial score (nSPS) is 45.9. The van der Waals surface area contributed by atoms with E-state index < -0.39 is 8.07 Å². The van der Waals surface area contributed by atoms with Gasteiger partial charge in [-0.3, -0.25) is 0 Å². The van der Waals surface area contributed by atoms with Gasteiger partial charge in [-0.25, -0.2) is 0 Å². The summed E-state index contributed by atoms with van der Waals surface area (Å²) in [6.45, 7) is 7.91. The van der Waals surface area contributed by atoms with Crippen molar-refractivity contribution in [2.75, 3.05) is 19.6 Å². The van der Waals surface area contributed by atoms with Crippen LogP contribution in [-0.2, 0) is 0 Å². The van der Waals surface area contributed by atoms with Gasteiger partial charge in [0.05, 0.1) is 8.07 Å². The Morgan fingerprint density at radius 2 is 1.92 bits per heavy atom. The molecule has 2 aliphatic heterocycles. The van der Waals surface area contributed by atoms with Crippen LogP contribution in [0.1, 0.15) is 20.3 Å². The fourth-order valence-corrected chi connectivity index (χ4v) is 10.6. The van der Waals surface area contributed by atoms with E-state index in [9.17, 15) is 0 Å². The van der Waals surface area contributed by atoms with E-state index in [4.69, 9.17) is 5.73 Å². The monoisotopic (exact) mass is 198 g/mol. The minimum Gasteiger partial charge on any atom is -0.329 e. The maximum absolute atomic E-state index is 5.41. The molecule has 3 N–H and O–H groups in total. The van der Waals surface area contributed by atoms with Gasteiger partial charge < -0.3 is 11.1 Å². The molecule has 0 spiro atoms. The van der Waals surface area contributed by atoms with Crippen LogP contribution in [-0.4, -0.2) is 27.7 Å². The highest BCUT2D eigenvalue weighted by molar-refractivity contribution is 7.05. The third-order valence-electron chi connectivity index (χ3n) is 4.46. The second-order valence-electron chi connectivity index (χ2n) is 4.86. The second kappa shape index (κ2) is 3.37. The molecule has 0 aliphatic carbocycles. The second-order valence-corrected chi connectivity index (χ2v) is 10.1. The standard InChI is InChI=1S/C10H22N2Si/c1-8-10-9(2)13(8,10)7-3-5-12-6-4-11/h8-10,12H,3-7,11H2,1-2H3. The molecule has 3 heteroatoms. The summed E-state index contributed by atoms with van der Waals surface area (Å²) < 4.78 is 0. The molecular weight excluding hydrogens is 176 g/mol. The van der Waals surface area contributed by atoms with Crippen molar-refractivity contribution in [2.45, 2.75) is 42.9 Å². The maximum Gasteiger partial charge on any atom is 0.0623 e. The highest BCUT2D eigenvalue weighted by Crippen LogP contribution is 2.88. The Morgan fingerprint density at radius 1 is 1.23 bits per heavy atom. The Labute approximate surface area is 82.3 Å². The largest absolute Gasteiger partial charge is 0.329 e. The van der Waals surface area contributed by atoms with E-state index in [0.717, 1.165) is 13.1 Å². The van der Waals surface area contributed by atoms with Gasteiger partial charge in [0.15, 0.2) is 0 Å². The summed E-state index contributed by atoms with van der Waals surface area (Å²) >= 11 is 0. The molecule has 76 valence electrons. The number of hydrogen-bond acceptors (Lipinski definition) is 2. The Bertz CT molecular complexity index is 185. The fourth-order valence-electron chi connectivity index (χ4n) is 3.48. The van der Waals surface area contributed by atoms with Gasteiger partial charge in [0.2, 0.25) is 0 Å². The molecule has 2 rings (SSSR count). The van der Waals surface area contributed by atoms with Gasteiger partial charge >= 0.3 is 0 Å². The number of nitrogens with one attached hydrogen (secondary N) is 1. The molecule has 0 bridgehead atoms. The molecule has 0 aromatic carbocycles. The van der Waals surface area contributed by atoms with E-state index in [-0.39, 0.29) is 0 Å². The van der Waals surface area contributed by atoms with Crippen LogP contribution in [0, 0.1) is 0 Å². The van der Waals surface area contributed by atoms with Gasteiger partial charge in [0.25, 0.3) is 0 Å². The molecule has 0 saturated carbocycles. The van der Waals surface area contributed by atoms with Gasteiger partial charge in [-0.2, -0.15) is 0 Å². The number of nitrogens with two attached hydrogens (primary N) is 1.